The van der Waals surface area contributed by atoms with E-state index in [1.807, 2.05) is 25.7 Å². The molecule has 0 aliphatic heterocycles. The molecule has 124 valence electrons. The number of non-ortho nitro benzene ring substituents is 1. The molecule has 0 aliphatic carbocycles. The summed E-state index contributed by atoms with van der Waals surface area (Å²) < 4.78 is 36.6. The van der Waals surface area contributed by atoms with Crippen LogP contribution in [0.25, 0.3) is 0 Å². The minimum absolute atomic E-state index is 0.0289. The second-order valence-corrected chi connectivity index (χ2v) is 8.51. The first-order valence-corrected chi connectivity index (χ1v) is 8.82. The smallest absolute Gasteiger partial charge is 0.272 e. The van der Waals surface area contributed by atoms with Gasteiger partial charge in [-0.1, -0.05) is 0 Å². The molecular weight excluding hydrogens is 311 g/mol. The Bertz CT molecular complexity index is 653. The van der Waals surface area contributed by atoms with Crippen LogP contribution >= 0.6 is 0 Å². The minimum Gasteiger partial charge on any atom is -0.293 e. The standard InChI is InChI=1S/C14H21FN2O4S/c1-14(2,3)16(7-8-22(4,20)21)10-11-5-6-12(17(18)19)9-13(11)15/h5-6,9H,7-8,10H2,1-4H3. The SMILES string of the molecule is CC(C)(C)N(CCS(C)(=O)=O)Cc1ccc([N+](=O)[O-])cc1F. The maximum atomic E-state index is 14.0. The van der Waals surface area contributed by atoms with Crippen molar-refractivity contribution in [3.05, 3.63) is 39.7 Å². The number of hydrogen-bond acceptors (Lipinski definition) is 5. The summed E-state index contributed by atoms with van der Waals surface area (Å²) in [5.74, 6) is -0.693. The van der Waals surface area contributed by atoms with E-state index in [0.29, 0.717) is 5.56 Å². The average Bonchev–Trinajstić information content (AvgIpc) is 2.33. The number of halogens is 1. The van der Waals surface area contributed by atoms with Crippen LogP contribution in [0.15, 0.2) is 18.2 Å². The van der Waals surface area contributed by atoms with Gasteiger partial charge in [-0.2, -0.15) is 0 Å². The van der Waals surface area contributed by atoms with Crippen LogP contribution in [0.2, 0.25) is 0 Å². The molecule has 0 radical (unpaired) electrons. The third-order valence-corrected chi connectivity index (χ3v) is 4.21. The number of benzene rings is 1. The highest BCUT2D eigenvalue weighted by atomic mass is 32.2. The van der Waals surface area contributed by atoms with Gasteiger partial charge in [0.1, 0.15) is 15.7 Å². The van der Waals surface area contributed by atoms with Gasteiger partial charge < -0.3 is 0 Å². The predicted octanol–water partition coefficient (Wildman–Crippen LogP) is 2.38. The Morgan fingerprint density at radius 2 is 1.91 bits per heavy atom. The molecule has 0 bridgehead atoms. The van der Waals surface area contributed by atoms with E-state index in [2.05, 4.69) is 0 Å². The van der Waals surface area contributed by atoms with Crippen LogP contribution in [0.1, 0.15) is 26.3 Å². The zero-order valence-electron chi connectivity index (χ0n) is 13.2. The maximum Gasteiger partial charge on any atom is 0.272 e. The summed E-state index contributed by atoms with van der Waals surface area (Å²) in [5, 5.41) is 10.6. The summed E-state index contributed by atoms with van der Waals surface area (Å²) in [6.07, 6.45) is 1.15. The van der Waals surface area contributed by atoms with E-state index in [0.717, 1.165) is 12.3 Å². The third kappa shape index (κ3) is 5.69. The van der Waals surface area contributed by atoms with E-state index in [1.54, 1.807) is 0 Å². The molecule has 0 heterocycles. The van der Waals surface area contributed by atoms with Crippen molar-refractivity contribution in [2.24, 2.45) is 0 Å². The maximum absolute atomic E-state index is 14.0. The van der Waals surface area contributed by atoms with Crippen LogP contribution in [0.3, 0.4) is 0 Å². The Kier molecular flexibility index (Phi) is 5.64. The van der Waals surface area contributed by atoms with Crippen molar-refractivity contribution in [2.75, 3.05) is 18.6 Å². The topological polar surface area (TPSA) is 80.5 Å². The number of nitrogens with zero attached hydrogens (tertiary/aromatic N) is 2. The highest BCUT2D eigenvalue weighted by molar-refractivity contribution is 7.90. The Hall–Kier alpha value is -1.54. The highest BCUT2D eigenvalue weighted by Crippen LogP contribution is 2.22. The summed E-state index contributed by atoms with van der Waals surface area (Å²) in [4.78, 5) is 11.8. The zero-order valence-corrected chi connectivity index (χ0v) is 14.0. The molecule has 0 aliphatic rings. The molecule has 22 heavy (non-hydrogen) atoms. The van der Waals surface area contributed by atoms with Crippen LogP contribution in [-0.2, 0) is 16.4 Å². The molecule has 0 aromatic heterocycles. The summed E-state index contributed by atoms with van der Waals surface area (Å²) in [6, 6.07) is 3.50. The average molecular weight is 332 g/mol. The first-order chi connectivity index (χ1) is 9.90. The number of rotatable bonds is 6. The molecule has 0 fully saturated rings. The molecule has 8 heteroatoms. The van der Waals surface area contributed by atoms with Crippen molar-refractivity contribution in [1.29, 1.82) is 0 Å². The van der Waals surface area contributed by atoms with Gasteiger partial charge in [-0.05, 0) is 26.8 Å². The lowest BCUT2D eigenvalue weighted by atomic mass is 10.0. The molecule has 1 aromatic rings. The lowest BCUT2D eigenvalue weighted by Crippen LogP contribution is -2.43. The fourth-order valence-corrected chi connectivity index (χ4v) is 2.46. The summed E-state index contributed by atoms with van der Waals surface area (Å²) in [5.41, 5.74) is -0.368. The van der Waals surface area contributed by atoms with E-state index < -0.39 is 20.6 Å². The lowest BCUT2D eigenvalue weighted by Gasteiger charge is -2.35. The van der Waals surface area contributed by atoms with Crippen LogP contribution in [0.5, 0.6) is 0 Å². The first kappa shape index (κ1) is 18.5. The number of nitro benzene ring substituents is 1. The Morgan fingerprint density at radius 1 is 1.32 bits per heavy atom. The highest BCUT2D eigenvalue weighted by Gasteiger charge is 2.24. The van der Waals surface area contributed by atoms with Crippen molar-refractivity contribution >= 4 is 15.5 Å². The van der Waals surface area contributed by atoms with E-state index in [-0.39, 0.29) is 30.1 Å². The molecule has 1 rings (SSSR count). The van der Waals surface area contributed by atoms with Crippen LogP contribution in [0, 0.1) is 15.9 Å². The predicted molar refractivity (Wildman–Crippen MR) is 82.9 cm³/mol. The van der Waals surface area contributed by atoms with E-state index in [4.69, 9.17) is 0 Å². The summed E-state index contributed by atoms with van der Waals surface area (Å²) in [7, 11) is -3.12. The van der Waals surface area contributed by atoms with Crippen LogP contribution < -0.4 is 0 Å². The summed E-state index contributed by atoms with van der Waals surface area (Å²) >= 11 is 0. The molecule has 0 amide bonds. The van der Waals surface area contributed by atoms with Gasteiger partial charge in [-0.25, -0.2) is 12.8 Å². The zero-order chi connectivity index (χ0) is 17.1. The molecule has 0 saturated carbocycles. The second kappa shape index (κ2) is 6.70. The lowest BCUT2D eigenvalue weighted by molar-refractivity contribution is -0.385. The van der Waals surface area contributed by atoms with Crippen molar-refractivity contribution < 1.29 is 17.7 Å². The Labute approximate surface area is 130 Å². The fraction of sp³-hybridized carbons (Fsp3) is 0.571. The van der Waals surface area contributed by atoms with Crippen LogP contribution in [-0.4, -0.2) is 42.3 Å². The third-order valence-electron chi connectivity index (χ3n) is 3.29. The van der Waals surface area contributed by atoms with Gasteiger partial charge in [-0.3, -0.25) is 15.0 Å². The van der Waals surface area contributed by atoms with Gasteiger partial charge in [0, 0.05) is 36.5 Å². The van der Waals surface area contributed by atoms with Crippen molar-refractivity contribution in [2.45, 2.75) is 32.9 Å². The molecule has 0 atom stereocenters. The van der Waals surface area contributed by atoms with Crippen molar-refractivity contribution in [1.82, 2.24) is 4.90 Å². The van der Waals surface area contributed by atoms with Gasteiger partial charge >= 0.3 is 0 Å². The van der Waals surface area contributed by atoms with E-state index in [1.165, 1.54) is 12.1 Å². The van der Waals surface area contributed by atoms with Gasteiger partial charge in [0.2, 0.25) is 0 Å². The monoisotopic (exact) mass is 332 g/mol. The van der Waals surface area contributed by atoms with Crippen LogP contribution in [0.4, 0.5) is 10.1 Å². The van der Waals surface area contributed by atoms with Gasteiger partial charge in [-0.15, -0.1) is 0 Å². The first-order valence-electron chi connectivity index (χ1n) is 6.76. The number of sulfone groups is 1. The van der Waals surface area contributed by atoms with E-state index in [9.17, 15) is 22.9 Å². The largest absolute Gasteiger partial charge is 0.293 e. The minimum atomic E-state index is -3.12. The Morgan fingerprint density at radius 3 is 2.32 bits per heavy atom. The molecule has 0 spiro atoms. The van der Waals surface area contributed by atoms with Crippen molar-refractivity contribution in [3.8, 4) is 0 Å². The molecule has 0 saturated heterocycles. The second-order valence-electron chi connectivity index (χ2n) is 6.26. The molecule has 6 nitrogen and oxygen atoms in total. The van der Waals surface area contributed by atoms with E-state index >= 15 is 0 Å². The van der Waals surface area contributed by atoms with Gasteiger partial charge in [0.05, 0.1) is 16.7 Å². The number of nitro groups is 1. The molecular formula is C14H21FN2O4S. The quantitative estimate of drug-likeness (QED) is 0.590. The molecule has 0 N–H and O–H groups in total. The molecule has 1 aromatic carbocycles. The fourth-order valence-electron chi connectivity index (χ4n) is 1.91. The summed E-state index contributed by atoms with van der Waals surface area (Å²) in [6.45, 7) is 6.15. The molecule has 0 unspecified atom stereocenters. The van der Waals surface area contributed by atoms with Gasteiger partial charge in [0.25, 0.3) is 5.69 Å². The van der Waals surface area contributed by atoms with Gasteiger partial charge in [0.15, 0.2) is 0 Å². The number of hydrogen-bond donors (Lipinski definition) is 0. The Balaban J connectivity index is 2.97. The van der Waals surface area contributed by atoms with Crippen molar-refractivity contribution in [3.63, 3.8) is 0 Å². The normalized spacial score (nSPS) is 12.6.